The fourth-order valence-electron chi connectivity index (χ4n) is 2.51. The summed E-state index contributed by atoms with van der Waals surface area (Å²) in [5.41, 5.74) is 7.63. The van der Waals surface area contributed by atoms with Crippen LogP contribution >= 0.6 is 0 Å². The van der Waals surface area contributed by atoms with Crippen LogP contribution in [0.15, 0.2) is 23.4 Å². The third kappa shape index (κ3) is 1.28. The van der Waals surface area contributed by atoms with Gasteiger partial charge in [-0.1, -0.05) is 0 Å². The number of nitrogens with zero attached hydrogens (tertiary/aromatic N) is 1. The molecule has 80 valence electrons. The van der Waals surface area contributed by atoms with Crippen LogP contribution in [-0.4, -0.2) is 36.0 Å². The van der Waals surface area contributed by atoms with Gasteiger partial charge < -0.3 is 16.0 Å². The van der Waals surface area contributed by atoms with Crippen LogP contribution < -0.4 is 11.1 Å². The molecule has 1 spiro atoms. The highest BCUT2D eigenvalue weighted by Crippen LogP contribution is 2.45. The third-order valence-corrected chi connectivity index (χ3v) is 3.63. The van der Waals surface area contributed by atoms with Crippen LogP contribution in [0, 0.1) is 0 Å². The minimum atomic E-state index is -0.292. The molecule has 4 nitrogen and oxygen atoms in total. The Balaban J connectivity index is 1.91. The summed E-state index contributed by atoms with van der Waals surface area (Å²) in [6, 6.07) is 0. The predicted molar refractivity (Wildman–Crippen MR) is 56.9 cm³/mol. The number of carbonyl (C=O) groups is 1. The number of piperazine rings is 1. The molecule has 1 amide bonds. The number of primary amides is 1. The number of nitrogens with one attached hydrogen (secondary N) is 1. The smallest absolute Gasteiger partial charge is 0.246 e. The molecule has 0 aromatic rings. The van der Waals surface area contributed by atoms with Gasteiger partial charge in [-0.3, -0.25) is 4.79 Å². The minimum Gasteiger partial charge on any atom is -0.366 e. The van der Waals surface area contributed by atoms with Crippen LogP contribution in [-0.2, 0) is 4.79 Å². The first kappa shape index (κ1) is 8.97. The lowest BCUT2D eigenvalue weighted by Gasteiger charge is -2.42. The summed E-state index contributed by atoms with van der Waals surface area (Å²) < 4.78 is 0. The number of hydrogen-bond acceptors (Lipinski definition) is 3. The summed E-state index contributed by atoms with van der Waals surface area (Å²) in [6.45, 7) is 2.64. The Morgan fingerprint density at radius 2 is 2.27 bits per heavy atom. The lowest BCUT2D eigenvalue weighted by Crippen LogP contribution is -2.53. The molecule has 0 unspecified atom stereocenters. The topological polar surface area (TPSA) is 58.4 Å². The Morgan fingerprint density at radius 3 is 2.93 bits per heavy atom. The summed E-state index contributed by atoms with van der Waals surface area (Å²) in [4.78, 5) is 13.5. The molecule has 3 aliphatic rings. The largest absolute Gasteiger partial charge is 0.366 e. The van der Waals surface area contributed by atoms with Gasteiger partial charge in [0.15, 0.2) is 0 Å². The van der Waals surface area contributed by atoms with E-state index in [0.29, 0.717) is 12.1 Å². The summed E-state index contributed by atoms with van der Waals surface area (Å²) in [5.74, 6) is -0.292. The lowest BCUT2D eigenvalue weighted by molar-refractivity contribution is -0.114. The Kier molecular flexibility index (Phi) is 1.71. The maximum Gasteiger partial charge on any atom is 0.246 e. The lowest BCUT2D eigenvalue weighted by atomic mass is 10.0. The number of carbonyl (C=O) groups excluding carboxylic acids is 1. The van der Waals surface area contributed by atoms with Crippen molar-refractivity contribution >= 4 is 5.91 Å². The van der Waals surface area contributed by atoms with E-state index in [2.05, 4.69) is 10.2 Å². The standard InChI is InChI=1S/C11H15N3O/c12-10(15)8-1-2-9-5-13-7-11(3-4-11)14(9)6-8/h1-2,13H,3-7H2,(H2,12,15). The van der Waals surface area contributed by atoms with E-state index in [1.807, 2.05) is 12.2 Å². The van der Waals surface area contributed by atoms with Crippen molar-refractivity contribution in [2.75, 3.05) is 19.6 Å². The van der Waals surface area contributed by atoms with Crippen molar-refractivity contribution in [3.8, 4) is 0 Å². The number of hydrogen-bond donors (Lipinski definition) is 2. The maximum atomic E-state index is 11.1. The molecule has 4 heteroatoms. The van der Waals surface area contributed by atoms with Crippen molar-refractivity contribution in [3.05, 3.63) is 23.4 Å². The van der Waals surface area contributed by atoms with Crippen LogP contribution in [0.5, 0.6) is 0 Å². The Bertz CT molecular complexity index is 379. The fraction of sp³-hybridized carbons (Fsp3) is 0.545. The normalized spacial score (nSPS) is 26.8. The van der Waals surface area contributed by atoms with Gasteiger partial charge in [0.05, 0.1) is 5.54 Å². The van der Waals surface area contributed by atoms with E-state index >= 15 is 0 Å². The van der Waals surface area contributed by atoms with Crippen molar-refractivity contribution in [3.63, 3.8) is 0 Å². The minimum absolute atomic E-state index is 0.291. The fourth-order valence-corrected chi connectivity index (χ4v) is 2.51. The average molecular weight is 205 g/mol. The predicted octanol–water partition coefficient (Wildman–Crippen LogP) is -0.267. The Morgan fingerprint density at radius 1 is 1.47 bits per heavy atom. The van der Waals surface area contributed by atoms with E-state index in [-0.39, 0.29) is 5.91 Å². The highest BCUT2D eigenvalue weighted by Gasteiger charge is 2.50. The van der Waals surface area contributed by atoms with Crippen molar-refractivity contribution < 1.29 is 4.79 Å². The third-order valence-electron chi connectivity index (χ3n) is 3.63. The molecule has 2 aliphatic heterocycles. The van der Waals surface area contributed by atoms with Gasteiger partial charge >= 0.3 is 0 Å². The highest BCUT2D eigenvalue weighted by molar-refractivity contribution is 5.93. The Hall–Kier alpha value is -1.29. The molecule has 0 atom stereocenters. The number of rotatable bonds is 1. The SMILES string of the molecule is NC(=O)C1=CC=C2CNCC3(CC3)N2C1. The van der Waals surface area contributed by atoms with Crippen molar-refractivity contribution in [1.29, 1.82) is 0 Å². The molecule has 0 radical (unpaired) electrons. The first-order chi connectivity index (χ1) is 7.21. The van der Waals surface area contributed by atoms with Gasteiger partial charge in [-0.25, -0.2) is 0 Å². The zero-order valence-corrected chi connectivity index (χ0v) is 8.62. The van der Waals surface area contributed by atoms with Crippen LogP contribution in [0.25, 0.3) is 0 Å². The zero-order chi connectivity index (χ0) is 10.5. The van der Waals surface area contributed by atoms with Gasteiger partial charge in [0.2, 0.25) is 5.91 Å². The molecule has 1 saturated carbocycles. The van der Waals surface area contributed by atoms with Crippen molar-refractivity contribution in [2.45, 2.75) is 18.4 Å². The van der Waals surface area contributed by atoms with E-state index in [0.717, 1.165) is 18.7 Å². The van der Waals surface area contributed by atoms with Crippen LogP contribution in [0.3, 0.4) is 0 Å². The monoisotopic (exact) mass is 205 g/mol. The molecular formula is C11H15N3O. The number of allylic oxidation sites excluding steroid dienone is 2. The number of nitrogens with two attached hydrogens (primary N) is 1. The molecule has 1 saturated heterocycles. The average Bonchev–Trinajstić information content (AvgIpc) is 2.99. The van der Waals surface area contributed by atoms with Gasteiger partial charge in [-0.05, 0) is 25.0 Å². The quantitative estimate of drug-likeness (QED) is 0.619. The molecule has 0 bridgehead atoms. The van der Waals surface area contributed by atoms with Crippen LogP contribution in [0.4, 0.5) is 0 Å². The van der Waals surface area contributed by atoms with Gasteiger partial charge in [-0.15, -0.1) is 0 Å². The molecule has 0 aromatic heterocycles. The van der Waals surface area contributed by atoms with Crippen molar-refractivity contribution in [1.82, 2.24) is 10.2 Å². The summed E-state index contributed by atoms with van der Waals surface area (Å²) in [6.07, 6.45) is 6.33. The van der Waals surface area contributed by atoms with Crippen molar-refractivity contribution in [2.24, 2.45) is 5.73 Å². The number of fused-ring (bicyclic) bond motifs is 2. The van der Waals surface area contributed by atoms with Gasteiger partial charge in [-0.2, -0.15) is 0 Å². The zero-order valence-electron chi connectivity index (χ0n) is 8.62. The van der Waals surface area contributed by atoms with Gasteiger partial charge in [0.25, 0.3) is 0 Å². The first-order valence-electron chi connectivity index (χ1n) is 5.39. The second kappa shape index (κ2) is 2.85. The molecule has 3 rings (SSSR count). The van der Waals surface area contributed by atoms with E-state index in [9.17, 15) is 4.79 Å². The van der Waals surface area contributed by atoms with E-state index < -0.39 is 0 Å². The molecule has 2 fully saturated rings. The summed E-state index contributed by atoms with van der Waals surface area (Å²) >= 11 is 0. The second-order valence-electron chi connectivity index (χ2n) is 4.63. The molecule has 0 aromatic carbocycles. The summed E-state index contributed by atoms with van der Waals surface area (Å²) in [5, 5.41) is 3.43. The molecular weight excluding hydrogens is 190 g/mol. The molecule has 15 heavy (non-hydrogen) atoms. The van der Waals surface area contributed by atoms with Gasteiger partial charge in [0, 0.05) is 30.9 Å². The van der Waals surface area contributed by atoms with E-state index in [4.69, 9.17) is 5.73 Å². The molecule has 1 aliphatic carbocycles. The second-order valence-corrected chi connectivity index (χ2v) is 4.63. The number of amides is 1. The molecule has 2 heterocycles. The van der Waals surface area contributed by atoms with E-state index in [1.165, 1.54) is 18.5 Å². The summed E-state index contributed by atoms with van der Waals surface area (Å²) in [7, 11) is 0. The maximum absolute atomic E-state index is 11.1. The molecule has 3 N–H and O–H groups in total. The van der Waals surface area contributed by atoms with Crippen LogP contribution in [0.2, 0.25) is 0 Å². The Labute approximate surface area is 88.8 Å². The van der Waals surface area contributed by atoms with Gasteiger partial charge in [0.1, 0.15) is 0 Å². The highest BCUT2D eigenvalue weighted by atomic mass is 16.1. The first-order valence-corrected chi connectivity index (χ1v) is 5.39. The van der Waals surface area contributed by atoms with Crippen LogP contribution in [0.1, 0.15) is 12.8 Å². The van der Waals surface area contributed by atoms with E-state index in [1.54, 1.807) is 0 Å².